The lowest BCUT2D eigenvalue weighted by Gasteiger charge is -2.22. The van der Waals surface area contributed by atoms with Crippen molar-refractivity contribution < 1.29 is 18.7 Å². The summed E-state index contributed by atoms with van der Waals surface area (Å²) in [5.41, 5.74) is 3.72. The van der Waals surface area contributed by atoms with Crippen LogP contribution in [-0.2, 0) is 24.1 Å². The molecule has 2 aromatic heterocycles. The number of urea groups is 1. The maximum atomic E-state index is 14.5. The third kappa shape index (κ3) is 4.40. The zero-order valence-corrected chi connectivity index (χ0v) is 17.9. The van der Waals surface area contributed by atoms with E-state index in [0.717, 1.165) is 11.1 Å². The van der Waals surface area contributed by atoms with Gasteiger partial charge in [-0.3, -0.25) is 9.97 Å². The first-order valence-electron chi connectivity index (χ1n) is 9.95. The normalized spacial score (nSPS) is 14.5. The van der Waals surface area contributed by atoms with Crippen molar-refractivity contribution in [2.24, 2.45) is 0 Å². The molecule has 1 aliphatic carbocycles. The molecule has 7 nitrogen and oxygen atoms in total. The minimum Gasteiger partial charge on any atom is -0.465 e. The van der Waals surface area contributed by atoms with Crippen molar-refractivity contribution in [1.29, 1.82) is 0 Å². The second-order valence-electron chi connectivity index (χ2n) is 7.29. The van der Waals surface area contributed by atoms with Crippen LogP contribution in [0.25, 0.3) is 0 Å². The van der Waals surface area contributed by atoms with Gasteiger partial charge < -0.3 is 15.4 Å². The Labute approximate surface area is 189 Å². The molecule has 9 heteroatoms. The van der Waals surface area contributed by atoms with Crippen LogP contribution in [0, 0.1) is 5.82 Å². The van der Waals surface area contributed by atoms with Gasteiger partial charge in [-0.1, -0.05) is 23.7 Å². The summed E-state index contributed by atoms with van der Waals surface area (Å²) in [6.45, 7) is 0.0365. The van der Waals surface area contributed by atoms with E-state index in [-0.39, 0.29) is 22.9 Å². The van der Waals surface area contributed by atoms with E-state index >= 15 is 0 Å². The molecule has 1 aliphatic rings. The average molecular weight is 455 g/mol. The molecule has 0 spiro atoms. The number of halogens is 2. The maximum Gasteiger partial charge on any atom is 0.339 e. The molecule has 32 heavy (non-hydrogen) atoms. The molecule has 1 unspecified atom stereocenters. The van der Waals surface area contributed by atoms with Gasteiger partial charge >= 0.3 is 12.0 Å². The molecule has 0 saturated heterocycles. The number of nitrogens with one attached hydrogen (secondary N) is 2. The Hall–Kier alpha value is -3.52. The molecule has 2 heterocycles. The van der Waals surface area contributed by atoms with E-state index in [0.29, 0.717) is 29.7 Å². The predicted molar refractivity (Wildman–Crippen MR) is 116 cm³/mol. The number of carbonyl (C=O) groups excluding carboxylic acids is 2. The zero-order chi connectivity index (χ0) is 22.7. The van der Waals surface area contributed by atoms with E-state index in [1.807, 2.05) is 12.1 Å². The van der Waals surface area contributed by atoms with Gasteiger partial charge in [0.2, 0.25) is 0 Å². The first-order chi connectivity index (χ1) is 15.5. The SMILES string of the molecule is COC(=O)c1cnc(CNC(=O)NC2c3cnccc3CCc3c(F)cccc32)c(Cl)c1. The first-order valence-corrected chi connectivity index (χ1v) is 10.3. The molecule has 1 aromatic carbocycles. The predicted octanol–water partition coefficient (Wildman–Crippen LogP) is 3.74. The minimum absolute atomic E-state index is 0.0365. The average Bonchev–Trinajstić information content (AvgIpc) is 2.96. The number of benzene rings is 1. The molecule has 1 atom stereocenters. The summed E-state index contributed by atoms with van der Waals surface area (Å²) in [5, 5.41) is 5.87. The number of fused-ring (bicyclic) bond motifs is 2. The maximum absolute atomic E-state index is 14.5. The monoisotopic (exact) mass is 454 g/mol. The number of amides is 2. The standard InChI is InChI=1S/C23H20ClFN4O3/c1-32-22(30)14-9-18(24)20(27-10-14)12-28-23(31)29-21-16-3-2-4-19(25)15(16)6-5-13-7-8-26-11-17(13)21/h2-4,7-11,21H,5-6,12H2,1H3,(H2,28,29,31). The summed E-state index contributed by atoms with van der Waals surface area (Å²) in [6.07, 6.45) is 5.90. The molecule has 4 rings (SSSR count). The number of hydrogen-bond acceptors (Lipinski definition) is 5. The highest BCUT2D eigenvalue weighted by atomic mass is 35.5. The summed E-state index contributed by atoms with van der Waals surface area (Å²) in [7, 11) is 1.27. The van der Waals surface area contributed by atoms with E-state index in [1.165, 1.54) is 25.4 Å². The molecular weight excluding hydrogens is 435 g/mol. The van der Waals surface area contributed by atoms with Crippen LogP contribution in [0.1, 0.15) is 44.3 Å². The Morgan fingerprint density at radius 3 is 2.84 bits per heavy atom. The van der Waals surface area contributed by atoms with Crippen molar-refractivity contribution in [2.75, 3.05) is 7.11 Å². The van der Waals surface area contributed by atoms with Crippen LogP contribution in [0.2, 0.25) is 5.02 Å². The van der Waals surface area contributed by atoms with E-state index in [4.69, 9.17) is 11.6 Å². The fourth-order valence-corrected chi connectivity index (χ4v) is 4.02. The molecule has 0 fully saturated rings. The lowest BCUT2D eigenvalue weighted by Crippen LogP contribution is -2.38. The first kappa shape index (κ1) is 21.7. The summed E-state index contributed by atoms with van der Waals surface area (Å²) in [5.74, 6) is -0.847. The lowest BCUT2D eigenvalue weighted by atomic mass is 9.96. The van der Waals surface area contributed by atoms with Crippen LogP contribution in [0.4, 0.5) is 9.18 Å². The van der Waals surface area contributed by atoms with E-state index in [2.05, 4.69) is 25.3 Å². The third-order valence-corrected chi connectivity index (χ3v) is 5.73. The van der Waals surface area contributed by atoms with Gasteiger partial charge in [0, 0.05) is 24.2 Å². The van der Waals surface area contributed by atoms with Gasteiger partial charge in [-0.15, -0.1) is 0 Å². The number of methoxy groups -OCH3 is 1. The van der Waals surface area contributed by atoms with Gasteiger partial charge in [-0.05, 0) is 47.7 Å². The number of carbonyl (C=O) groups is 2. The van der Waals surface area contributed by atoms with Crippen LogP contribution in [0.3, 0.4) is 0 Å². The number of hydrogen-bond donors (Lipinski definition) is 2. The number of nitrogens with zero attached hydrogens (tertiary/aromatic N) is 2. The minimum atomic E-state index is -0.558. The summed E-state index contributed by atoms with van der Waals surface area (Å²) < 4.78 is 19.2. The van der Waals surface area contributed by atoms with E-state index in [1.54, 1.807) is 18.5 Å². The van der Waals surface area contributed by atoms with Gasteiger partial charge in [-0.2, -0.15) is 0 Å². The molecule has 2 N–H and O–H groups in total. The largest absolute Gasteiger partial charge is 0.465 e. The van der Waals surface area contributed by atoms with Gasteiger partial charge in [-0.25, -0.2) is 14.0 Å². The second kappa shape index (κ2) is 9.32. The van der Waals surface area contributed by atoms with Crippen LogP contribution >= 0.6 is 11.6 Å². The summed E-state index contributed by atoms with van der Waals surface area (Å²) in [4.78, 5) is 32.7. The fraction of sp³-hybridized carbons (Fsp3) is 0.217. The molecule has 0 radical (unpaired) electrons. The lowest BCUT2D eigenvalue weighted by molar-refractivity contribution is 0.0600. The molecule has 2 amide bonds. The Morgan fingerprint density at radius 2 is 2.06 bits per heavy atom. The van der Waals surface area contributed by atoms with E-state index in [9.17, 15) is 14.0 Å². The quantitative estimate of drug-likeness (QED) is 0.586. The van der Waals surface area contributed by atoms with Crippen LogP contribution in [-0.4, -0.2) is 29.1 Å². The number of ether oxygens (including phenoxy) is 1. The highest BCUT2D eigenvalue weighted by Gasteiger charge is 2.27. The summed E-state index contributed by atoms with van der Waals surface area (Å²) >= 11 is 6.19. The van der Waals surface area contributed by atoms with Gasteiger partial charge in [0.05, 0.1) is 36.0 Å². The molecule has 0 bridgehead atoms. The Balaban J connectivity index is 1.54. The zero-order valence-electron chi connectivity index (χ0n) is 17.2. The van der Waals surface area contributed by atoms with Crippen molar-refractivity contribution in [3.63, 3.8) is 0 Å². The Morgan fingerprint density at radius 1 is 1.22 bits per heavy atom. The highest BCUT2D eigenvalue weighted by Crippen LogP contribution is 2.33. The smallest absolute Gasteiger partial charge is 0.339 e. The fourth-order valence-electron chi connectivity index (χ4n) is 3.79. The van der Waals surface area contributed by atoms with Gasteiger partial charge in [0.1, 0.15) is 5.82 Å². The number of esters is 1. The number of aromatic nitrogens is 2. The Kier molecular flexibility index (Phi) is 6.32. The second-order valence-corrected chi connectivity index (χ2v) is 7.69. The van der Waals surface area contributed by atoms with Gasteiger partial charge in [0.25, 0.3) is 0 Å². The van der Waals surface area contributed by atoms with Crippen molar-refractivity contribution in [1.82, 2.24) is 20.6 Å². The molecular formula is C23H20ClFN4O3. The van der Waals surface area contributed by atoms with E-state index < -0.39 is 18.0 Å². The molecule has 3 aromatic rings. The highest BCUT2D eigenvalue weighted by molar-refractivity contribution is 6.31. The van der Waals surface area contributed by atoms with Crippen LogP contribution in [0.15, 0.2) is 48.9 Å². The number of pyridine rings is 2. The van der Waals surface area contributed by atoms with Crippen molar-refractivity contribution in [2.45, 2.75) is 25.4 Å². The molecule has 164 valence electrons. The third-order valence-electron chi connectivity index (χ3n) is 5.40. The Bertz CT molecular complexity index is 1190. The number of aryl methyl sites for hydroxylation is 1. The van der Waals surface area contributed by atoms with Crippen molar-refractivity contribution in [3.05, 3.63) is 93.3 Å². The van der Waals surface area contributed by atoms with Crippen molar-refractivity contribution >= 4 is 23.6 Å². The number of rotatable bonds is 4. The van der Waals surface area contributed by atoms with Crippen LogP contribution in [0.5, 0.6) is 0 Å². The van der Waals surface area contributed by atoms with Gasteiger partial charge in [0.15, 0.2) is 0 Å². The topological polar surface area (TPSA) is 93.2 Å². The molecule has 0 saturated carbocycles. The van der Waals surface area contributed by atoms with Crippen LogP contribution < -0.4 is 10.6 Å². The molecule has 0 aliphatic heterocycles. The summed E-state index contributed by atoms with van der Waals surface area (Å²) in [6, 6.07) is 7.16. The van der Waals surface area contributed by atoms with Crippen molar-refractivity contribution in [3.8, 4) is 0 Å².